The summed E-state index contributed by atoms with van der Waals surface area (Å²) in [6, 6.07) is 1.88. The summed E-state index contributed by atoms with van der Waals surface area (Å²) in [5.41, 5.74) is -0.882. The van der Waals surface area contributed by atoms with Crippen molar-refractivity contribution in [3.8, 4) is 11.5 Å². The van der Waals surface area contributed by atoms with Crippen LogP contribution in [0.3, 0.4) is 0 Å². The Kier molecular flexibility index (Phi) is 10.6. The number of carbonyl (C=O) groups excluding carboxylic acids is 2. The number of pyridine rings is 2. The number of aromatic nitrogens is 2. The quantitative estimate of drug-likeness (QED) is 0.279. The number of nitrogens with zero attached hydrogens (tertiary/aromatic N) is 6. The van der Waals surface area contributed by atoms with Gasteiger partial charge in [-0.1, -0.05) is 0 Å². The summed E-state index contributed by atoms with van der Waals surface area (Å²) in [4.78, 5) is 55.8. The molecule has 2 saturated heterocycles. The molecule has 4 aromatic rings. The van der Waals surface area contributed by atoms with Crippen molar-refractivity contribution in [1.82, 2.24) is 18.9 Å². The molecule has 2 aromatic carbocycles. The van der Waals surface area contributed by atoms with Crippen molar-refractivity contribution in [1.29, 1.82) is 0 Å². The molecule has 53 heavy (non-hydrogen) atoms. The second-order valence-electron chi connectivity index (χ2n) is 13.9. The van der Waals surface area contributed by atoms with E-state index < -0.39 is 45.6 Å². The third-order valence-electron chi connectivity index (χ3n) is 10.4. The van der Waals surface area contributed by atoms with Gasteiger partial charge in [-0.2, -0.15) is 0 Å². The summed E-state index contributed by atoms with van der Waals surface area (Å²) in [5.74, 6) is -3.67. The zero-order valence-corrected chi connectivity index (χ0v) is 31.8. The second-order valence-corrected chi connectivity index (χ2v) is 13.9. The molecule has 2 atom stereocenters. The van der Waals surface area contributed by atoms with Gasteiger partial charge in [-0.25, -0.2) is 8.78 Å². The van der Waals surface area contributed by atoms with Gasteiger partial charge in [0.25, 0.3) is 0 Å². The number of hydrogen-bond donors (Lipinski definition) is 0. The van der Waals surface area contributed by atoms with Crippen LogP contribution in [0.15, 0.2) is 34.1 Å². The van der Waals surface area contributed by atoms with Gasteiger partial charge in [0.15, 0.2) is 34.0 Å². The number of ether oxygens (including phenoxy) is 2. The molecule has 0 amide bonds. The molecular formula is C36H38F2N6O8Pt. The van der Waals surface area contributed by atoms with Crippen molar-refractivity contribution in [2.24, 2.45) is 0 Å². The molecule has 2 aromatic heterocycles. The number of piperazine rings is 2. The number of anilines is 2. The predicted molar refractivity (Wildman–Crippen MR) is 185 cm³/mol. The molecule has 4 aliphatic rings. The minimum Gasteiger partial charge on any atom is -0.545 e. The van der Waals surface area contributed by atoms with Crippen LogP contribution in [0.25, 0.3) is 21.8 Å². The average molecular weight is 916 g/mol. The Hall–Kier alpha value is -4.53. The zero-order valence-electron chi connectivity index (χ0n) is 29.6. The Labute approximate surface area is 316 Å². The molecule has 6 heterocycles. The number of aromatic carboxylic acids is 2. The smallest absolute Gasteiger partial charge is 0.545 e. The molecule has 0 spiro atoms. The van der Waals surface area contributed by atoms with Crippen molar-refractivity contribution in [2.45, 2.75) is 25.9 Å². The van der Waals surface area contributed by atoms with E-state index in [0.717, 1.165) is 38.3 Å². The number of carboxylic acids is 2. The maximum absolute atomic E-state index is 15.0. The molecule has 0 saturated carbocycles. The summed E-state index contributed by atoms with van der Waals surface area (Å²) in [6.07, 6.45) is 2.56. The van der Waals surface area contributed by atoms with Gasteiger partial charge in [-0.05, 0) is 40.1 Å². The van der Waals surface area contributed by atoms with Crippen LogP contribution in [-0.4, -0.2) is 111 Å². The van der Waals surface area contributed by atoms with Gasteiger partial charge in [0.2, 0.25) is 0 Å². The van der Waals surface area contributed by atoms with Gasteiger partial charge in [0.05, 0.1) is 57.0 Å². The predicted octanol–water partition coefficient (Wildman–Crippen LogP) is 0.416. The summed E-state index contributed by atoms with van der Waals surface area (Å²) >= 11 is 0. The first-order valence-electron chi connectivity index (χ1n) is 17.1. The Morgan fingerprint density at radius 3 is 1.32 bits per heavy atom. The topological polar surface area (TPSA) is 156 Å². The van der Waals surface area contributed by atoms with Gasteiger partial charge in [-0.3, -0.25) is 9.59 Å². The van der Waals surface area contributed by atoms with Crippen molar-refractivity contribution >= 4 is 45.1 Å². The first kappa shape index (κ1) is 38.2. The summed E-state index contributed by atoms with van der Waals surface area (Å²) in [7, 11) is 4.02. The molecule has 8 rings (SSSR count). The summed E-state index contributed by atoms with van der Waals surface area (Å²) in [6.45, 7) is 10.00. The zero-order chi connectivity index (χ0) is 37.2. The molecule has 4 aliphatic heterocycles. The largest absolute Gasteiger partial charge is 2.00 e. The molecule has 17 heteroatoms. The van der Waals surface area contributed by atoms with Gasteiger partial charge in [0.1, 0.15) is 24.6 Å². The summed E-state index contributed by atoms with van der Waals surface area (Å²) < 4.78 is 45.0. The van der Waals surface area contributed by atoms with Crippen LogP contribution in [-0.2, 0) is 21.1 Å². The normalized spacial score (nSPS) is 19.9. The Balaban J connectivity index is 0.000000178. The van der Waals surface area contributed by atoms with E-state index in [-0.39, 0.29) is 57.1 Å². The first-order valence-corrected chi connectivity index (χ1v) is 17.1. The molecule has 0 aliphatic carbocycles. The maximum atomic E-state index is 15.0. The molecule has 14 nitrogen and oxygen atoms in total. The van der Waals surface area contributed by atoms with Crippen molar-refractivity contribution in [2.75, 3.05) is 89.5 Å². The molecule has 0 bridgehead atoms. The first-order chi connectivity index (χ1) is 24.8. The standard InChI is InChI=1S/2C18H20FN3O4.Pt/c2*1-10-9-26-17-14-11(16(23)12(18(24)25)8-22(10)14)7-13(19)15(17)21-5-3-20(2)4-6-21;/h2*7-8,10H,3-6,9H2,1-2H3,(H,24,25);/q;;+2/p-2/t2*10-;/m00./s1. The fourth-order valence-electron chi connectivity index (χ4n) is 7.36. The number of rotatable bonds is 4. The molecule has 2 fully saturated rings. The molecule has 0 N–H and O–H groups in total. The van der Waals surface area contributed by atoms with Crippen LogP contribution >= 0.6 is 0 Å². The number of hydrogen-bond acceptors (Lipinski definition) is 12. The van der Waals surface area contributed by atoms with E-state index in [1.807, 2.05) is 37.7 Å². The Morgan fingerprint density at radius 1 is 0.660 bits per heavy atom. The molecular weight excluding hydrogens is 878 g/mol. The number of carbonyl (C=O) groups is 2. The van der Waals surface area contributed by atoms with Crippen molar-refractivity contribution in [3.63, 3.8) is 0 Å². The molecule has 0 unspecified atom stereocenters. The molecule has 0 radical (unpaired) electrons. The van der Waals surface area contributed by atoms with Crippen LogP contribution in [0.4, 0.5) is 20.2 Å². The SMILES string of the molecule is C[C@H]1COc2c(N3CCN(C)CC3)c(F)cc3c(=O)c(C(=O)[O-])cn1c23.C[C@H]1COc2c(N3CCN(C)CC3)c(F)cc3c(=O)c(C(=O)[O-])cn1c23.[Pt+2]. The minimum atomic E-state index is -1.57. The van der Waals surface area contributed by atoms with Gasteiger partial charge < -0.3 is 58.0 Å². The van der Waals surface area contributed by atoms with Crippen LogP contribution in [0, 0.1) is 11.6 Å². The van der Waals surface area contributed by atoms with E-state index >= 15 is 0 Å². The van der Waals surface area contributed by atoms with E-state index in [1.165, 1.54) is 12.4 Å². The van der Waals surface area contributed by atoms with E-state index in [9.17, 15) is 38.2 Å². The number of halogens is 2. The van der Waals surface area contributed by atoms with Crippen molar-refractivity contribution < 1.29 is 59.1 Å². The average Bonchev–Trinajstić information content (AvgIpc) is 3.10. The van der Waals surface area contributed by atoms with Crippen LogP contribution < -0.4 is 40.3 Å². The number of benzene rings is 2. The van der Waals surface area contributed by atoms with Crippen LogP contribution in [0.2, 0.25) is 0 Å². The van der Waals surface area contributed by atoms with E-state index in [0.29, 0.717) is 60.1 Å². The Morgan fingerprint density at radius 2 is 1.00 bits per heavy atom. The van der Waals surface area contributed by atoms with Crippen LogP contribution in [0.1, 0.15) is 46.6 Å². The monoisotopic (exact) mass is 915 g/mol. The fraction of sp³-hybridized carbons (Fsp3) is 0.444. The minimum absolute atomic E-state index is 0. The van der Waals surface area contributed by atoms with Gasteiger partial charge >= 0.3 is 21.1 Å². The molecule has 284 valence electrons. The van der Waals surface area contributed by atoms with Crippen LogP contribution in [0.5, 0.6) is 11.5 Å². The van der Waals surface area contributed by atoms with Gasteiger partial charge in [-0.15, -0.1) is 0 Å². The number of carboxylic acid groups (broad SMARTS) is 2. The van der Waals surface area contributed by atoms with Crippen molar-refractivity contribution in [3.05, 3.63) is 67.7 Å². The maximum Gasteiger partial charge on any atom is 2.00 e. The second kappa shape index (κ2) is 14.7. The van der Waals surface area contributed by atoms with E-state index in [2.05, 4.69) is 9.80 Å². The van der Waals surface area contributed by atoms with Gasteiger partial charge in [0, 0.05) is 64.8 Å². The Bertz CT molecular complexity index is 2090. The number of likely N-dealkylation sites (N-methyl/N-ethyl adjacent to an activating group) is 2. The fourth-order valence-corrected chi connectivity index (χ4v) is 7.36. The van der Waals surface area contributed by atoms with E-state index in [4.69, 9.17) is 9.47 Å². The van der Waals surface area contributed by atoms with E-state index in [1.54, 1.807) is 9.13 Å². The third-order valence-corrected chi connectivity index (χ3v) is 10.4. The summed E-state index contributed by atoms with van der Waals surface area (Å²) in [5, 5.41) is 22.6. The third kappa shape index (κ3) is 6.65.